The fraction of sp³-hybridized carbons (Fsp3) is 0.400. The highest BCUT2D eigenvalue weighted by molar-refractivity contribution is 7.90. The maximum Gasteiger partial charge on any atom is 0.299 e. The maximum atomic E-state index is 11.7. The van der Waals surface area contributed by atoms with Gasteiger partial charge in [-0.1, -0.05) is 17.7 Å². The lowest BCUT2D eigenvalue weighted by molar-refractivity contribution is 0.476. The van der Waals surface area contributed by atoms with Gasteiger partial charge in [0.25, 0.3) is 10.2 Å². The van der Waals surface area contributed by atoms with Gasteiger partial charge in [-0.05, 0) is 32.9 Å². The van der Waals surface area contributed by atoms with E-state index in [-0.39, 0.29) is 16.5 Å². The van der Waals surface area contributed by atoms with Crippen LogP contribution in [0.15, 0.2) is 18.2 Å². The molecule has 0 aliphatic rings. The molecule has 0 amide bonds. The lowest BCUT2D eigenvalue weighted by Crippen LogP contribution is -2.43. The van der Waals surface area contributed by atoms with Gasteiger partial charge in [-0.3, -0.25) is 4.72 Å². The number of benzene rings is 1. The van der Waals surface area contributed by atoms with Crippen LogP contribution in [-0.2, 0) is 10.2 Å². The van der Waals surface area contributed by atoms with E-state index in [1.807, 2.05) is 0 Å². The summed E-state index contributed by atoms with van der Waals surface area (Å²) in [5.74, 6) is -0.298. The quantitative estimate of drug-likeness (QED) is 0.741. The summed E-state index contributed by atoms with van der Waals surface area (Å²) in [6.07, 6.45) is 0. The summed E-state index contributed by atoms with van der Waals surface area (Å²) in [4.78, 5) is 0. The number of phenolic OH excluding ortho intramolecular Hbond substituents is 1. The first-order chi connectivity index (χ1) is 7.61. The average molecular weight is 279 g/mol. The molecule has 0 heterocycles. The van der Waals surface area contributed by atoms with Crippen LogP contribution in [0.4, 0.5) is 5.69 Å². The molecule has 0 aliphatic heterocycles. The van der Waals surface area contributed by atoms with E-state index < -0.39 is 15.7 Å². The second kappa shape index (κ2) is 4.72. The zero-order valence-corrected chi connectivity index (χ0v) is 11.4. The average Bonchev–Trinajstić information content (AvgIpc) is 2.08. The minimum absolute atomic E-state index is 0.0363. The zero-order valence-electron chi connectivity index (χ0n) is 9.78. The third-order valence-corrected chi connectivity index (χ3v) is 3.35. The lowest BCUT2D eigenvalue weighted by Gasteiger charge is -2.21. The van der Waals surface area contributed by atoms with E-state index in [2.05, 4.69) is 9.44 Å². The zero-order chi connectivity index (χ0) is 13.3. The van der Waals surface area contributed by atoms with E-state index in [1.54, 1.807) is 20.8 Å². The van der Waals surface area contributed by atoms with Crippen LogP contribution in [0.25, 0.3) is 0 Å². The highest BCUT2D eigenvalue weighted by Gasteiger charge is 2.20. The van der Waals surface area contributed by atoms with Crippen molar-refractivity contribution in [3.63, 3.8) is 0 Å². The fourth-order valence-corrected chi connectivity index (χ4v) is 2.66. The van der Waals surface area contributed by atoms with Crippen LogP contribution in [0.1, 0.15) is 20.8 Å². The molecule has 0 atom stereocenters. The molecular formula is C10H15ClN2O3S. The Labute approximate surface area is 106 Å². The van der Waals surface area contributed by atoms with Gasteiger partial charge in [0.2, 0.25) is 0 Å². The molecule has 1 aromatic carbocycles. The van der Waals surface area contributed by atoms with Gasteiger partial charge in [-0.25, -0.2) is 0 Å². The summed E-state index contributed by atoms with van der Waals surface area (Å²) in [6, 6.07) is 4.42. The first-order valence-electron chi connectivity index (χ1n) is 4.90. The molecule has 0 spiro atoms. The molecule has 0 radical (unpaired) electrons. The van der Waals surface area contributed by atoms with E-state index in [0.717, 1.165) is 0 Å². The maximum absolute atomic E-state index is 11.7. The van der Waals surface area contributed by atoms with E-state index in [9.17, 15) is 13.5 Å². The molecular weight excluding hydrogens is 264 g/mol. The van der Waals surface area contributed by atoms with Crippen LogP contribution in [0.3, 0.4) is 0 Å². The fourth-order valence-electron chi connectivity index (χ4n) is 1.17. The molecule has 0 fully saturated rings. The number of anilines is 1. The predicted molar refractivity (Wildman–Crippen MR) is 68.5 cm³/mol. The highest BCUT2D eigenvalue weighted by Crippen LogP contribution is 2.31. The lowest BCUT2D eigenvalue weighted by atomic mass is 10.1. The Balaban J connectivity index is 2.95. The van der Waals surface area contributed by atoms with Crippen molar-refractivity contribution in [1.82, 2.24) is 4.72 Å². The smallest absolute Gasteiger partial charge is 0.299 e. The molecule has 96 valence electrons. The number of rotatable bonds is 3. The van der Waals surface area contributed by atoms with Gasteiger partial charge in [0.05, 0.1) is 10.7 Å². The number of para-hydroxylation sites is 1. The molecule has 0 aromatic heterocycles. The molecule has 0 bridgehead atoms. The number of hydrogen-bond donors (Lipinski definition) is 3. The van der Waals surface area contributed by atoms with Gasteiger partial charge in [0, 0.05) is 5.54 Å². The van der Waals surface area contributed by atoms with Crippen LogP contribution in [-0.4, -0.2) is 19.1 Å². The molecule has 1 aromatic rings. The number of nitrogens with one attached hydrogen (secondary N) is 2. The topological polar surface area (TPSA) is 78.4 Å². The Bertz CT molecular complexity index is 509. The van der Waals surface area contributed by atoms with Crippen molar-refractivity contribution in [3.8, 4) is 5.75 Å². The van der Waals surface area contributed by atoms with Crippen molar-refractivity contribution >= 4 is 27.5 Å². The molecule has 1 rings (SSSR count). The minimum Gasteiger partial charge on any atom is -0.504 e. The standard InChI is InChI=1S/C10H15ClN2O3S/c1-10(2,3)13-17(15,16)12-8-6-4-5-7(11)9(8)14/h4-6,12-14H,1-3H3. The molecule has 3 N–H and O–H groups in total. The molecule has 0 saturated carbocycles. The summed E-state index contributed by atoms with van der Waals surface area (Å²) in [5.41, 5.74) is -0.575. The third-order valence-electron chi connectivity index (χ3n) is 1.67. The second-order valence-electron chi connectivity index (χ2n) is 4.59. The van der Waals surface area contributed by atoms with E-state index in [1.165, 1.54) is 18.2 Å². The summed E-state index contributed by atoms with van der Waals surface area (Å²) >= 11 is 5.67. The van der Waals surface area contributed by atoms with Crippen molar-refractivity contribution < 1.29 is 13.5 Å². The molecule has 0 saturated heterocycles. The van der Waals surface area contributed by atoms with Crippen LogP contribution >= 0.6 is 11.6 Å². The molecule has 7 heteroatoms. The van der Waals surface area contributed by atoms with Crippen LogP contribution < -0.4 is 9.44 Å². The number of halogens is 1. The monoisotopic (exact) mass is 278 g/mol. The molecule has 0 unspecified atom stereocenters. The van der Waals surface area contributed by atoms with Crippen LogP contribution in [0, 0.1) is 0 Å². The van der Waals surface area contributed by atoms with Gasteiger partial charge >= 0.3 is 0 Å². The Morgan fingerprint density at radius 3 is 2.41 bits per heavy atom. The van der Waals surface area contributed by atoms with Crippen LogP contribution in [0.2, 0.25) is 5.02 Å². The van der Waals surface area contributed by atoms with Crippen molar-refractivity contribution in [2.24, 2.45) is 0 Å². The van der Waals surface area contributed by atoms with Gasteiger partial charge in [-0.2, -0.15) is 13.1 Å². The van der Waals surface area contributed by atoms with Crippen molar-refractivity contribution in [2.75, 3.05) is 4.72 Å². The first-order valence-corrected chi connectivity index (χ1v) is 6.76. The van der Waals surface area contributed by atoms with Gasteiger partial charge in [-0.15, -0.1) is 0 Å². The second-order valence-corrected chi connectivity index (χ2v) is 6.42. The van der Waals surface area contributed by atoms with E-state index >= 15 is 0 Å². The minimum atomic E-state index is -3.75. The van der Waals surface area contributed by atoms with E-state index in [4.69, 9.17) is 11.6 Å². The Morgan fingerprint density at radius 1 is 1.29 bits per heavy atom. The Morgan fingerprint density at radius 2 is 1.88 bits per heavy atom. The Hall–Kier alpha value is -0.980. The predicted octanol–water partition coefficient (Wildman–Crippen LogP) is 2.09. The van der Waals surface area contributed by atoms with Crippen molar-refractivity contribution in [2.45, 2.75) is 26.3 Å². The molecule has 0 aliphatic carbocycles. The molecule has 17 heavy (non-hydrogen) atoms. The number of hydrogen-bond acceptors (Lipinski definition) is 3. The number of phenols is 1. The Kier molecular flexibility index (Phi) is 3.91. The van der Waals surface area contributed by atoms with Crippen LogP contribution in [0.5, 0.6) is 5.75 Å². The first kappa shape index (κ1) is 14.1. The summed E-state index contributed by atoms with van der Waals surface area (Å²) < 4.78 is 28.0. The normalized spacial score (nSPS) is 12.5. The summed E-state index contributed by atoms with van der Waals surface area (Å²) in [5, 5.41) is 9.66. The molecule has 5 nitrogen and oxygen atoms in total. The SMILES string of the molecule is CC(C)(C)NS(=O)(=O)Nc1cccc(Cl)c1O. The largest absolute Gasteiger partial charge is 0.504 e. The van der Waals surface area contributed by atoms with Crippen molar-refractivity contribution in [1.29, 1.82) is 0 Å². The van der Waals surface area contributed by atoms with E-state index in [0.29, 0.717) is 0 Å². The third kappa shape index (κ3) is 4.41. The summed E-state index contributed by atoms with van der Waals surface area (Å²) in [6.45, 7) is 5.14. The summed E-state index contributed by atoms with van der Waals surface area (Å²) in [7, 11) is -3.75. The highest BCUT2D eigenvalue weighted by atomic mass is 35.5. The van der Waals surface area contributed by atoms with Gasteiger partial charge in [0.1, 0.15) is 0 Å². The number of aromatic hydroxyl groups is 1. The van der Waals surface area contributed by atoms with Gasteiger partial charge in [0.15, 0.2) is 5.75 Å². The van der Waals surface area contributed by atoms with Gasteiger partial charge < -0.3 is 5.11 Å². The van der Waals surface area contributed by atoms with Crippen molar-refractivity contribution in [3.05, 3.63) is 23.2 Å².